The number of aliphatic hydroxyl groups is 1. The van der Waals surface area contributed by atoms with Crippen LogP contribution < -0.4 is 4.72 Å². The van der Waals surface area contributed by atoms with Gasteiger partial charge in [-0.15, -0.1) is 0 Å². The highest BCUT2D eigenvalue weighted by molar-refractivity contribution is 7.87. The first kappa shape index (κ1) is 12.3. The lowest BCUT2D eigenvalue weighted by atomic mass is 9.91. The number of nitrogens with one attached hydrogen (secondary N) is 1. The highest BCUT2D eigenvalue weighted by Crippen LogP contribution is 2.45. The normalized spacial score (nSPS) is 26.5. The summed E-state index contributed by atoms with van der Waals surface area (Å²) in [5.74, 6) is 0.314. The zero-order valence-electron chi connectivity index (χ0n) is 10.0. The van der Waals surface area contributed by atoms with E-state index in [1.54, 1.807) is 20.8 Å². The first-order valence-corrected chi connectivity index (χ1v) is 7.08. The molecule has 0 atom stereocenters. The van der Waals surface area contributed by atoms with Gasteiger partial charge in [0.1, 0.15) is 0 Å². The summed E-state index contributed by atoms with van der Waals surface area (Å²) in [7, 11) is -3.43. The molecule has 0 amide bonds. The largest absolute Gasteiger partial charge is 0.387 e. The van der Waals surface area contributed by atoms with Crippen LogP contribution in [0.2, 0.25) is 0 Å². The van der Waals surface area contributed by atoms with E-state index in [2.05, 4.69) is 4.72 Å². The van der Waals surface area contributed by atoms with Gasteiger partial charge in [0.2, 0.25) is 0 Å². The van der Waals surface area contributed by atoms with Crippen LogP contribution in [0.3, 0.4) is 0 Å². The Hall–Kier alpha value is -0.170. The lowest BCUT2D eigenvalue weighted by Crippen LogP contribution is -2.67. The molecule has 1 heterocycles. The predicted molar refractivity (Wildman–Crippen MR) is 61.1 cm³/mol. The van der Waals surface area contributed by atoms with Crippen LogP contribution in [0.15, 0.2) is 0 Å². The molecule has 16 heavy (non-hydrogen) atoms. The van der Waals surface area contributed by atoms with Crippen LogP contribution in [0, 0.1) is 5.92 Å². The fraction of sp³-hybridized carbons (Fsp3) is 1.00. The van der Waals surface area contributed by atoms with Crippen molar-refractivity contribution in [3.8, 4) is 0 Å². The van der Waals surface area contributed by atoms with E-state index in [0.717, 1.165) is 12.8 Å². The number of hydrogen-bond acceptors (Lipinski definition) is 3. The quantitative estimate of drug-likeness (QED) is 0.743. The third-order valence-electron chi connectivity index (χ3n) is 3.01. The Bertz CT molecular complexity index is 375. The van der Waals surface area contributed by atoms with E-state index >= 15 is 0 Å². The molecule has 2 aliphatic rings. The van der Waals surface area contributed by atoms with Gasteiger partial charge in [0.05, 0.1) is 5.60 Å². The van der Waals surface area contributed by atoms with Gasteiger partial charge in [0, 0.05) is 18.6 Å². The minimum absolute atomic E-state index is 0.239. The van der Waals surface area contributed by atoms with Crippen molar-refractivity contribution in [2.75, 3.05) is 13.1 Å². The van der Waals surface area contributed by atoms with Crippen molar-refractivity contribution >= 4 is 10.2 Å². The third-order valence-corrected chi connectivity index (χ3v) is 4.82. The molecule has 2 N–H and O–H groups in total. The zero-order valence-corrected chi connectivity index (χ0v) is 10.8. The summed E-state index contributed by atoms with van der Waals surface area (Å²) in [6.07, 6.45) is 2.05. The molecule has 5 nitrogen and oxygen atoms in total. The van der Waals surface area contributed by atoms with E-state index < -0.39 is 21.3 Å². The Labute approximate surface area is 97.0 Å². The molecule has 0 unspecified atom stereocenters. The lowest BCUT2D eigenvalue weighted by Gasteiger charge is -2.46. The first-order valence-electron chi connectivity index (χ1n) is 5.64. The maximum Gasteiger partial charge on any atom is 0.280 e. The van der Waals surface area contributed by atoms with Crippen LogP contribution >= 0.6 is 0 Å². The molecule has 2 fully saturated rings. The Morgan fingerprint density at radius 1 is 1.31 bits per heavy atom. The van der Waals surface area contributed by atoms with Gasteiger partial charge in [-0.05, 0) is 39.5 Å². The average molecular weight is 248 g/mol. The van der Waals surface area contributed by atoms with Crippen molar-refractivity contribution in [2.24, 2.45) is 5.92 Å². The molecule has 1 aliphatic heterocycles. The van der Waals surface area contributed by atoms with Crippen molar-refractivity contribution in [1.82, 2.24) is 9.03 Å². The fourth-order valence-corrected chi connectivity index (χ4v) is 3.75. The molecule has 6 heteroatoms. The topological polar surface area (TPSA) is 69.6 Å². The minimum Gasteiger partial charge on any atom is -0.387 e. The highest BCUT2D eigenvalue weighted by atomic mass is 32.2. The van der Waals surface area contributed by atoms with Crippen LogP contribution in [0.25, 0.3) is 0 Å². The summed E-state index contributed by atoms with van der Waals surface area (Å²) in [5, 5.41) is 10.0. The molecule has 1 saturated heterocycles. The second kappa shape index (κ2) is 3.41. The maximum absolute atomic E-state index is 11.9. The Kier molecular flexibility index (Phi) is 2.62. The van der Waals surface area contributed by atoms with Gasteiger partial charge in [0.25, 0.3) is 10.2 Å². The molecular weight excluding hydrogens is 228 g/mol. The molecule has 0 aromatic carbocycles. The van der Waals surface area contributed by atoms with E-state index in [-0.39, 0.29) is 13.1 Å². The highest BCUT2D eigenvalue weighted by Gasteiger charge is 2.55. The Morgan fingerprint density at radius 2 is 1.81 bits per heavy atom. The van der Waals surface area contributed by atoms with Gasteiger partial charge >= 0.3 is 0 Å². The summed E-state index contributed by atoms with van der Waals surface area (Å²) in [4.78, 5) is 0. The number of hydrogen-bond donors (Lipinski definition) is 2. The Balaban J connectivity index is 1.95. The molecule has 0 bridgehead atoms. The second-order valence-corrected chi connectivity index (χ2v) is 7.67. The molecule has 0 aromatic heterocycles. The van der Waals surface area contributed by atoms with E-state index in [9.17, 15) is 13.5 Å². The molecule has 0 radical (unpaired) electrons. The van der Waals surface area contributed by atoms with Crippen molar-refractivity contribution in [1.29, 1.82) is 0 Å². The van der Waals surface area contributed by atoms with Crippen LogP contribution in [-0.2, 0) is 10.2 Å². The number of rotatable bonds is 3. The molecule has 0 aromatic rings. The van der Waals surface area contributed by atoms with Crippen LogP contribution in [0.4, 0.5) is 0 Å². The summed E-state index contributed by atoms with van der Waals surface area (Å²) >= 11 is 0. The first-order chi connectivity index (χ1) is 7.12. The van der Waals surface area contributed by atoms with Crippen molar-refractivity contribution < 1.29 is 13.5 Å². The van der Waals surface area contributed by atoms with Crippen molar-refractivity contribution in [3.05, 3.63) is 0 Å². The van der Waals surface area contributed by atoms with Gasteiger partial charge in [-0.3, -0.25) is 0 Å². The summed E-state index contributed by atoms with van der Waals surface area (Å²) in [5.41, 5.74) is -1.24. The maximum atomic E-state index is 11.9. The average Bonchev–Trinajstić information content (AvgIpc) is 2.74. The van der Waals surface area contributed by atoms with Gasteiger partial charge in [-0.1, -0.05) is 0 Å². The van der Waals surface area contributed by atoms with E-state index in [1.807, 2.05) is 0 Å². The van der Waals surface area contributed by atoms with Crippen LogP contribution in [0.5, 0.6) is 0 Å². The molecule has 1 aliphatic carbocycles. The monoisotopic (exact) mass is 248 g/mol. The van der Waals surface area contributed by atoms with E-state index in [0.29, 0.717) is 5.92 Å². The standard InChI is InChI=1S/C10H20N2O3S/c1-9(2,3)11-16(14,15)12-6-10(13,7-12)8-4-5-8/h8,11,13H,4-7H2,1-3H3. The number of β-amino-alcohol motifs (C(OH)–C–C–N with tert-alkyl or cyclic N) is 1. The van der Waals surface area contributed by atoms with Gasteiger partial charge in [-0.2, -0.15) is 17.4 Å². The second-order valence-electron chi connectivity index (χ2n) is 6.00. The third kappa shape index (κ3) is 2.40. The lowest BCUT2D eigenvalue weighted by molar-refractivity contribution is -0.0771. The zero-order chi connectivity index (χ0) is 12.2. The summed E-state index contributed by atoms with van der Waals surface area (Å²) in [6.45, 7) is 5.89. The SMILES string of the molecule is CC(C)(C)NS(=O)(=O)N1CC(O)(C2CC2)C1. The van der Waals surface area contributed by atoms with Crippen molar-refractivity contribution in [2.45, 2.75) is 44.8 Å². The van der Waals surface area contributed by atoms with E-state index in [1.165, 1.54) is 4.31 Å². The molecule has 2 rings (SSSR count). The molecule has 94 valence electrons. The smallest absolute Gasteiger partial charge is 0.280 e. The molecule has 1 saturated carbocycles. The van der Waals surface area contributed by atoms with E-state index in [4.69, 9.17) is 0 Å². The summed E-state index contributed by atoms with van der Waals surface area (Å²) in [6, 6.07) is 0. The van der Waals surface area contributed by atoms with Crippen molar-refractivity contribution in [3.63, 3.8) is 0 Å². The van der Waals surface area contributed by atoms with Gasteiger partial charge < -0.3 is 5.11 Å². The van der Waals surface area contributed by atoms with Crippen LogP contribution in [0.1, 0.15) is 33.6 Å². The molecular formula is C10H20N2O3S. The molecule has 0 spiro atoms. The predicted octanol–water partition coefficient (Wildman–Crippen LogP) is 0.0760. The summed E-state index contributed by atoms with van der Waals surface area (Å²) < 4.78 is 27.6. The van der Waals surface area contributed by atoms with Gasteiger partial charge in [0.15, 0.2) is 0 Å². The fourth-order valence-electron chi connectivity index (χ4n) is 2.06. The van der Waals surface area contributed by atoms with Gasteiger partial charge in [-0.25, -0.2) is 0 Å². The minimum atomic E-state index is -3.43. The Morgan fingerprint density at radius 3 is 2.19 bits per heavy atom. The van der Waals surface area contributed by atoms with Crippen LogP contribution in [-0.4, -0.2) is 42.1 Å². The number of nitrogens with zero attached hydrogens (tertiary/aromatic N) is 1.